The van der Waals surface area contributed by atoms with Crippen LogP contribution >= 0.6 is 15.9 Å². The monoisotopic (exact) mass is 426 g/mol. The summed E-state index contributed by atoms with van der Waals surface area (Å²) in [4.78, 5) is 22.7. The zero-order valence-electron chi connectivity index (χ0n) is 13.8. The first kappa shape index (κ1) is 18.4. The summed E-state index contributed by atoms with van der Waals surface area (Å²) in [5.41, 5.74) is -0.218. The molecule has 2 aromatic heterocycles. The van der Waals surface area contributed by atoms with Gasteiger partial charge in [-0.1, -0.05) is 12.1 Å². The van der Waals surface area contributed by atoms with Crippen LogP contribution in [-0.2, 0) is 6.18 Å². The van der Waals surface area contributed by atoms with Crippen LogP contribution in [-0.4, -0.2) is 15.0 Å². The van der Waals surface area contributed by atoms with Crippen molar-refractivity contribution in [3.8, 4) is 0 Å². The number of aromatic amines is 1. The first-order valence-corrected chi connectivity index (χ1v) is 8.44. The number of fused-ring (bicyclic) bond motifs is 1. The lowest BCUT2D eigenvalue weighted by Crippen LogP contribution is -2.15. The molecular formula is C17H14BrF3N4O. The summed E-state index contributed by atoms with van der Waals surface area (Å²) in [5, 5.41) is 3.55. The van der Waals surface area contributed by atoms with Gasteiger partial charge in [0.05, 0.1) is 21.6 Å². The molecule has 0 bridgehead atoms. The molecule has 0 spiro atoms. The van der Waals surface area contributed by atoms with Crippen molar-refractivity contribution in [1.82, 2.24) is 15.0 Å². The van der Waals surface area contributed by atoms with E-state index in [2.05, 4.69) is 36.2 Å². The van der Waals surface area contributed by atoms with Crippen LogP contribution in [0, 0.1) is 6.92 Å². The average Bonchev–Trinajstić information content (AvgIpc) is 2.54. The van der Waals surface area contributed by atoms with E-state index in [0.29, 0.717) is 21.4 Å². The van der Waals surface area contributed by atoms with Crippen molar-refractivity contribution in [3.05, 3.63) is 62.2 Å². The number of aromatic nitrogens is 3. The smallest absolute Gasteiger partial charge is 0.363 e. The maximum absolute atomic E-state index is 13.1. The first-order valence-electron chi connectivity index (χ1n) is 7.65. The van der Waals surface area contributed by atoms with Gasteiger partial charge in [-0.15, -0.1) is 0 Å². The number of hydrogen-bond acceptors (Lipinski definition) is 4. The van der Waals surface area contributed by atoms with Crippen molar-refractivity contribution in [2.45, 2.75) is 26.1 Å². The third kappa shape index (κ3) is 3.44. The fraction of sp³-hybridized carbons (Fsp3) is 0.235. The second-order valence-corrected chi connectivity index (χ2v) is 6.67. The number of halogens is 4. The molecule has 1 atom stereocenters. The fourth-order valence-corrected chi connectivity index (χ4v) is 3.28. The minimum Gasteiger partial charge on any atom is -0.363 e. The Kier molecular flexibility index (Phi) is 4.74. The molecule has 3 aromatic rings. The van der Waals surface area contributed by atoms with Gasteiger partial charge in [-0.05, 0) is 53.0 Å². The highest BCUT2D eigenvalue weighted by Crippen LogP contribution is 2.35. The summed E-state index contributed by atoms with van der Waals surface area (Å²) >= 11 is 3.21. The Balaban J connectivity index is 2.03. The van der Waals surface area contributed by atoms with Crippen molar-refractivity contribution in [2.24, 2.45) is 0 Å². The van der Waals surface area contributed by atoms with Crippen LogP contribution in [0.4, 0.5) is 19.0 Å². The van der Waals surface area contributed by atoms with Gasteiger partial charge in [0.15, 0.2) is 0 Å². The van der Waals surface area contributed by atoms with Crippen molar-refractivity contribution in [3.63, 3.8) is 0 Å². The zero-order chi connectivity index (χ0) is 19.1. The standard InChI is InChI=1S/C17H14BrF3N4O/c1-8-10(4-3-5-12(8)17(19,20)21)9(2)24-15-11-6-13(18)25-16(26)14(11)22-7-23-15/h3-7,9H,1-2H3,(H,25,26)(H,22,23,24)/t9-/m1/s1. The molecule has 0 radical (unpaired) electrons. The van der Waals surface area contributed by atoms with Crippen molar-refractivity contribution < 1.29 is 13.2 Å². The summed E-state index contributed by atoms with van der Waals surface area (Å²) in [6.45, 7) is 3.17. The minimum absolute atomic E-state index is 0.150. The zero-order valence-corrected chi connectivity index (χ0v) is 15.4. The Morgan fingerprint density at radius 2 is 2.00 bits per heavy atom. The van der Waals surface area contributed by atoms with Crippen LogP contribution in [0.5, 0.6) is 0 Å². The second kappa shape index (κ2) is 6.71. The Hall–Kier alpha value is -2.42. The van der Waals surface area contributed by atoms with Crippen LogP contribution in [0.2, 0.25) is 0 Å². The quantitative estimate of drug-likeness (QED) is 0.601. The number of benzene rings is 1. The molecule has 9 heteroatoms. The van der Waals surface area contributed by atoms with E-state index in [-0.39, 0.29) is 16.6 Å². The van der Waals surface area contributed by atoms with Crippen molar-refractivity contribution >= 4 is 32.7 Å². The van der Waals surface area contributed by atoms with Gasteiger partial charge in [0.2, 0.25) is 0 Å². The molecule has 0 amide bonds. The molecule has 0 saturated carbocycles. The molecule has 26 heavy (non-hydrogen) atoms. The Morgan fingerprint density at radius 1 is 1.27 bits per heavy atom. The van der Waals surface area contributed by atoms with Gasteiger partial charge in [-0.25, -0.2) is 9.97 Å². The first-order chi connectivity index (χ1) is 12.2. The second-order valence-electron chi connectivity index (χ2n) is 5.81. The lowest BCUT2D eigenvalue weighted by Gasteiger charge is -2.20. The Bertz CT molecular complexity index is 1030. The number of nitrogens with one attached hydrogen (secondary N) is 2. The highest BCUT2D eigenvalue weighted by Gasteiger charge is 2.33. The molecule has 3 rings (SSSR count). The summed E-state index contributed by atoms with van der Waals surface area (Å²) in [5.74, 6) is 0.367. The minimum atomic E-state index is -4.42. The summed E-state index contributed by atoms with van der Waals surface area (Å²) < 4.78 is 39.8. The molecular weight excluding hydrogens is 413 g/mol. The van der Waals surface area contributed by atoms with Gasteiger partial charge >= 0.3 is 6.18 Å². The van der Waals surface area contributed by atoms with Gasteiger partial charge in [0.25, 0.3) is 5.56 Å². The Labute approximate surface area is 154 Å². The SMILES string of the molecule is Cc1c([C@@H](C)Nc2ncnc3c(=O)[nH]c(Br)cc23)cccc1C(F)(F)F. The molecule has 136 valence electrons. The molecule has 0 fully saturated rings. The van der Waals surface area contributed by atoms with Gasteiger partial charge in [0.1, 0.15) is 17.7 Å². The molecule has 1 aromatic carbocycles. The van der Waals surface area contributed by atoms with E-state index in [1.54, 1.807) is 19.1 Å². The van der Waals surface area contributed by atoms with Gasteiger partial charge in [-0.2, -0.15) is 13.2 Å². The number of anilines is 1. The van der Waals surface area contributed by atoms with Gasteiger partial charge in [0, 0.05) is 0 Å². The largest absolute Gasteiger partial charge is 0.416 e. The third-order valence-electron chi connectivity index (χ3n) is 4.10. The molecule has 2 heterocycles. The number of hydrogen-bond donors (Lipinski definition) is 2. The maximum atomic E-state index is 13.1. The van der Waals surface area contributed by atoms with E-state index in [1.165, 1.54) is 19.3 Å². The van der Waals surface area contributed by atoms with E-state index < -0.39 is 17.8 Å². The van der Waals surface area contributed by atoms with Crippen LogP contribution in [0.15, 0.2) is 40.0 Å². The summed E-state index contributed by atoms with van der Waals surface area (Å²) in [7, 11) is 0. The van der Waals surface area contributed by atoms with Crippen LogP contribution in [0.25, 0.3) is 10.9 Å². The topological polar surface area (TPSA) is 70.7 Å². The van der Waals surface area contributed by atoms with Crippen LogP contribution in [0.1, 0.15) is 29.7 Å². The maximum Gasteiger partial charge on any atom is 0.416 e. The van der Waals surface area contributed by atoms with E-state index in [4.69, 9.17) is 0 Å². The van der Waals surface area contributed by atoms with Gasteiger partial charge < -0.3 is 10.3 Å². The molecule has 0 aliphatic rings. The number of rotatable bonds is 3. The molecule has 2 N–H and O–H groups in total. The number of H-pyrrole nitrogens is 1. The average molecular weight is 427 g/mol. The predicted molar refractivity (Wildman–Crippen MR) is 96.1 cm³/mol. The van der Waals surface area contributed by atoms with E-state index >= 15 is 0 Å². The highest BCUT2D eigenvalue weighted by atomic mass is 79.9. The summed E-state index contributed by atoms with van der Waals surface area (Å²) in [6.07, 6.45) is -3.18. The summed E-state index contributed by atoms with van der Waals surface area (Å²) in [6, 6.07) is 5.25. The fourth-order valence-electron chi connectivity index (χ4n) is 2.87. The van der Waals surface area contributed by atoms with Crippen LogP contribution in [0.3, 0.4) is 0 Å². The lowest BCUT2D eigenvalue weighted by molar-refractivity contribution is -0.138. The Morgan fingerprint density at radius 3 is 2.69 bits per heavy atom. The van der Waals surface area contributed by atoms with E-state index in [1.807, 2.05) is 0 Å². The lowest BCUT2D eigenvalue weighted by atomic mass is 9.97. The van der Waals surface area contributed by atoms with E-state index in [0.717, 1.165) is 6.07 Å². The van der Waals surface area contributed by atoms with Crippen LogP contribution < -0.4 is 10.9 Å². The number of nitrogens with zero attached hydrogens (tertiary/aromatic N) is 2. The molecule has 0 unspecified atom stereocenters. The molecule has 0 aliphatic carbocycles. The number of pyridine rings is 1. The van der Waals surface area contributed by atoms with Crippen molar-refractivity contribution in [1.29, 1.82) is 0 Å². The molecule has 0 saturated heterocycles. The molecule has 0 aliphatic heterocycles. The van der Waals surface area contributed by atoms with Crippen molar-refractivity contribution in [2.75, 3.05) is 5.32 Å². The molecule has 5 nitrogen and oxygen atoms in total. The van der Waals surface area contributed by atoms with E-state index in [9.17, 15) is 18.0 Å². The normalized spacial score (nSPS) is 13.0. The number of alkyl halides is 3. The highest BCUT2D eigenvalue weighted by molar-refractivity contribution is 9.10. The predicted octanol–water partition coefficient (Wildman–Crippen LogP) is 4.58. The van der Waals surface area contributed by atoms with Gasteiger partial charge in [-0.3, -0.25) is 4.79 Å². The third-order valence-corrected chi connectivity index (χ3v) is 4.53.